The maximum Gasteiger partial charge on any atom is 0.338 e. The summed E-state index contributed by atoms with van der Waals surface area (Å²) in [7, 11) is 2.90. The van der Waals surface area contributed by atoms with E-state index in [0.29, 0.717) is 28.0 Å². The van der Waals surface area contributed by atoms with Crippen molar-refractivity contribution in [3.8, 4) is 11.5 Å². The smallest absolute Gasteiger partial charge is 0.338 e. The normalized spacial score (nSPS) is 10.7. The third kappa shape index (κ3) is 3.90. The lowest BCUT2D eigenvalue weighted by atomic mass is 10.1. The molecule has 0 amide bonds. The van der Waals surface area contributed by atoms with E-state index in [-0.39, 0.29) is 17.2 Å². The minimum atomic E-state index is -0.605. The molecule has 0 atom stereocenters. The van der Waals surface area contributed by atoms with Gasteiger partial charge in [0.1, 0.15) is 12.2 Å². The van der Waals surface area contributed by atoms with Crippen molar-refractivity contribution in [3.63, 3.8) is 0 Å². The van der Waals surface area contributed by atoms with Crippen molar-refractivity contribution < 1.29 is 23.4 Å². The van der Waals surface area contributed by atoms with Gasteiger partial charge in [0.05, 0.1) is 24.8 Å². The van der Waals surface area contributed by atoms with Crippen LogP contribution in [0.15, 0.2) is 45.6 Å². The van der Waals surface area contributed by atoms with Gasteiger partial charge in [0.25, 0.3) is 0 Å². The van der Waals surface area contributed by atoms with Crippen LogP contribution in [-0.2, 0) is 11.3 Å². The molecule has 0 bridgehead atoms. The number of hydrogen-bond donors (Lipinski definition) is 0. The van der Waals surface area contributed by atoms with E-state index in [0.717, 1.165) is 5.56 Å². The van der Waals surface area contributed by atoms with Crippen molar-refractivity contribution in [2.45, 2.75) is 13.5 Å². The lowest BCUT2D eigenvalue weighted by Gasteiger charge is -2.12. The van der Waals surface area contributed by atoms with Crippen LogP contribution in [0.25, 0.3) is 11.0 Å². The number of fused-ring (bicyclic) bond motifs is 1. The molecule has 0 radical (unpaired) electrons. The minimum absolute atomic E-state index is 0.0873. The fourth-order valence-corrected chi connectivity index (χ4v) is 3.01. The van der Waals surface area contributed by atoms with Crippen LogP contribution in [-0.4, -0.2) is 20.2 Å². The first-order valence-electron chi connectivity index (χ1n) is 8.05. The number of carbonyl (C=O) groups excluding carboxylic acids is 1. The van der Waals surface area contributed by atoms with Gasteiger partial charge >= 0.3 is 11.6 Å². The first kappa shape index (κ1) is 18.8. The number of rotatable bonds is 5. The molecule has 0 aliphatic carbocycles. The van der Waals surface area contributed by atoms with Crippen molar-refractivity contribution in [1.29, 1.82) is 0 Å². The lowest BCUT2D eigenvalue weighted by Crippen LogP contribution is -2.08. The van der Waals surface area contributed by atoms with Crippen molar-refractivity contribution in [1.82, 2.24) is 0 Å². The van der Waals surface area contributed by atoms with Gasteiger partial charge in [-0.05, 0) is 30.7 Å². The summed E-state index contributed by atoms with van der Waals surface area (Å²) < 4.78 is 20.9. The summed E-state index contributed by atoms with van der Waals surface area (Å²) in [5.41, 5.74) is 1.66. The summed E-state index contributed by atoms with van der Waals surface area (Å²) in [6, 6.07) is 9.70. The first-order chi connectivity index (χ1) is 12.9. The first-order valence-corrected chi connectivity index (χ1v) is 8.42. The Labute approximate surface area is 160 Å². The van der Waals surface area contributed by atoms with Crippen LogP contribution in [0.3, 0.4) is 0 Å². The molecule has 1 heterocycles. The van der Waals surface area contributed by atoms with Crippen LogP contribution in [0, 0.1) is 6.92 Å². The average Bonchev–Trinajstić information content (AvgIpc) is 2.64. The fraction of sp³-hybridized carbons (Fsp3) is 0.200. The van der Waals surface area contributed by atoms with Crippen molar-refractivity contribution in [3.05, 3.63) is 68.5 Å². The van der Waals surface area contributed by atoms with Gasteiger partial charge in [-0.25, -0.2) is 9.59 Å². The Balaban J connectivity index is 1.87. The molecule has 0 N–H and O–H groups in total. The van der Waals surface area contributed by atoms with E-state index >= 15 is 0 Å². The molecule has 0 unspecified atom stereocenters. The molecule has 6 nitrogen and oxygen atoms in total. The highest BCUT2D eigenvalue weighted by molar-refractivity contribution is 6.32. The highest BCUT2D eigenvalue weighted by Crippen LogP contribution is 2.36. The molecule has 1 aromatic heterocycles. The van der Waals surface area contributed by atoms with Gasteiger partial charge in [-0.2, -0.15) is 0 Å². The number of carbonyl (C=O) groups is 1. The zero-order valence-electron chi connectivity index (χ0n) is 15.0. The Morgan fingerprint density at radius 2 is 1.89 bits per heavy atom. The van der Waals surface area contributed by atoms with E-state index in [1.54, 1.807) is 6.07 Å². The summed E-state index contributed by atoms with van der Waals surface area (Å²) in [6.45, 7) is 1.81. The van der Waals surface area contributed by atoms with Gasteiger partial charge in [0.15, 0.2) is 11.5 Å². The van der Waals surface area contributed by atoms with E-state index in [2.05, 4.69) is 0 Å². The fourth-order valence-electron chi connectivity index (χ4n) is 2.72. The molecule has 0 aliphatic rings. The average molecular weight is 389 g/mol. The van der Waals surface area contributed by atoms with Gasteiger partial charge in [-0.15, -0.1) is 0 Å². The van der Waals surface area contributed by atoms with Crippen molar-refractivity contribution >= 4 is 28.5 Å². The predicted octanol–water partition coefficient (Wildman–Crippen LogP) is 4.13. The monoisotopic (exact) mass is 388 g/mol. The predicted molar refractivity (Wildman–Crippen MR) is 101 cm³/mol. The molecule has 2 aromatic carbocycles. The van der Waals surface area contributed by atoms with Crippen LogP contribution in [0.5, 0.6) is 11.5 Å². The van der Waals surface area contributed by atoms with E-state index in [1.807, 2.05) is 19.1 Å². The number of ether oxygens (including phenoxy) is 3. The second-order valence-corrected chi connectivity index (χ2v) is 6.27. The molecule has 3 rings (SSSR count). The Bertz CT molecular complexity index is 1070. The Kier molecular flexibility index (Phi) is 5.37. The SMILES string of the molecule is COc1cc(C(=O)OCc2cc(=O)oc3cc(C)ccc23)cc(Cl)c1OC. The van der Waals surface area contributed by atoms with Crippen molar-refractivity contribution in [2.75, 3.05) is 14.2 Å². The highest BCUT2D eigenvalue weighted by Gasteiger charge is 2.17. The van der Waals surface area contributed by atoms with Gasteiger partial charge in [0, 0.05) is 17.0 Å². The second-order valence-electron chi connectivity index (χ2n) is 5.86. The van der Waals surface area contributed by atoms with Gasteiger partial charge in [0.2, 0.25) is 0 Å². The van der Waals surface area contributed by atoms with Crippen LogP contribution < -0.4 is 15.1 Å². The summed E-state index contributed by atoms with van der Waals surface area (Å²) in [4.78, 5) is 24.2. The maximum atomic E-state index is 12.4. The van der Waals surface area contributed by atoms with Crippen LogP contribution >= 0.6 is 11.6 Å². The molecule has 0 saturated heterocycles. The maximum absolute atomic E-state index is 12.4. The van der Waals surface area contributed by atoms with Gasteiger partial charge in [-0.1, -0.05) is 23.7 Å². The molecular formula is C20H17ClO6. The molecule has 27 heavy (non-hydrogen) atoms. The lowest BCUT2D eigenvalue weighted by molar-refractivity contribution is 0.0473. The summed E-state index contributed by atoms with van der Waals surface area (Å²) in [5, 5.41) is 0.934. The quantitative estimate of drug-likeness (QED) is 0.483. The number of hydrogen-bond acceptors (Lipinski definition) is 6. The van der Waals surface area contributed by atoms with Crippen LogP contribution in [0.1, 0.15) is 21.5 Å². The molecule has 3 aromatic rings. The van der Waals surface area contributed by atoms with E-state index < -0.39 is 11.6 Å². The molecule has 7 heteroatoms. The van der Waals surface area contributed by atoms with Crippen LogP contribution in [0.4, 0.5) is 0 Å². The third-order valence-corrected chi connectivity index (χ3v) is 4.29. The highest BCUT2D eigenvalue weighted by atomic mass is 35.5. The van der Waals surface area contributed by atoms with Crippen LogP contribution in [0.2, 0.25) is 5.02 Å². The molecular weight excluding hydrogens is 372 g/mol. The standard InChI is InChI=1S/C20H17ClO6/c1-11-4-5-14-13(9-18(22)27-16(14)6-11)10-26-20(23)12-7-15(21)19(25-3)17(8-12)24-2/h4-9H,10H2,1-3H3. The number of methoxy groups -OCH3 is 2. The van der Waals surface area contributed by atoms with E-state index in [4.69, 9.17) is 30.2 Å². The van der Waals surface area contributed by atoms with Gasteiger partial charge in [-0.3, -0.25) is 0 Å². The number of benzene rings is 2. The minimum Gasteiger partial charge on any atom is -0.493 e. The summed E-state index contributed by atoms with van der Waals surface area (Å²) >= 11 is 6.12. The molecule has 0 saturated carbocycles. The number of aryl methyl sites for hydroxylation is 1. The topological polar surface area (TPSA) is 75.0 Å². The largest absolute Gasteiger partial charge is 0.493 e. The van der Waals surface area contributed by atoms with E-state index in [1.165, 1.54) is 32.4 Å². The molecule has 0 fully saturated rings. The zero-order valence-corrected chi connectivity index (χ0v) is 15.8. The Hall–Kier alpha value is -2.99. The molecule has 0 spiro atoms. The van der Waals surface area contributed by atoms with E-state index in [9.17, 15) is 9.59 Å². The van der Waals surface area contributed by atoms with Crippen molar-refractivity contribution in [2.24, 2.45) is 0 Å². The Morgan fingerprint density at radius 1 is 1.11 bits per heavy atom. The summed E-state index contributed by atoms with van der Waals surface area (Å²) in [6.07, 6.45) is 0. The number of halogens is 1. The Morgan fingerprint density at radius 3 is 2.59 bits per heavy atom. The number of esters is 1. The second kappa shape index (κ2) is 7.72. The molecule has 140 valence electrons. The zero-order chi connectivity index (χ0) is 19.6. The summed E-state index contributed by atoms with van der Waals surface area (Å²) in [5.74, 6) is 0.0438. The molecule has 0 aliphatic heterocycles. The van der Waals surface area contributed by atoms with Gasteiger partial charge < -0.3 is 18.6 Å². The third-order valence-electron chi connectivity index (χ3n) is 4.01.